The maximum atomic E-state index is 2.46. The van der Waals surface area contributed by atoms with Gasteiger partial charge in [0.15, 0.2) is 0 Å². The van der Waals surface area contributed by atoms with Crippen LogP contribution in [0.4, 0.5) is 0 Å². The van der Waals surface area contributed by atoms with Gasteiger partial charge in [0, 0.05) is 11.1 Å². The molecule has 0 saturated carbocycles. The lowest BCUT2D eigenvalue weighted by Gasteiger charge is -2.50. The third kappa shape index (κ3) is 1.58. The highest BCUT2D eigenvalue weighted by atomic mass is 15.2. The maximum absolute atomic E-state index is 2.46. The second-order valence-corrected chi connectivity index (χ2v) is 4.77. The first-order chi connectivity index (χ1) is 4.86. The van der Waals surface area contributed by atoms with E-state index in [0.29, 0.717) is 5.54 Å². The van der Waals surface area contributed by atoms with Gasteiger partial charge in [-0.05, 0) is 54.0 Å². The molecule has 1 nitrogen and oxygen atoms in total. The van der Waals surface area contributed by atoms with Gasteiger partial charge in [0.2, 0.25) is 0 Å². The zero-order valence-corrected chi connectivity index (χ0v) is 8.44. The Morgan fingerprint density at radius 2 is 1.73 bits per heavy atom. The van der Waals surface area contributed by atoms with Crippen molar-refractivity contribution in [1.82, 2.24) is 4.90 Å². The van der Waals surface area contributed by atoms with Crippen molar-refractivity contribution in [3.63, 3.8) is 0 Å². The second-order valence-electron chi connectivity index (χ2n) is 4.77. The molecule has 1 aliphatic heterocycles. The fourth-order valence-electron chi connectivity index (χ4n) is 1.86. The van der Waals surface area contributed by atoms with E-state index in [-0.39, 0.29) is 5.54 Å². The molecule has 0 aliphatic carbocycles. The quantitative estimate of drug-likeness (QED) is 0.518. The summed E-state index contributed by atoms with van der Waals surface area (Å²) in [6.45, 7) is 9.21. The van der Waals surface area contributed by atoms with Gasteiger partial charge in [0.05, 0.1) is 0 Å². The second kappa shape index (κ2) is 2.48. The molecule has 1 saturated heterocycles. The Hall–Kier alpha value is -0.0400. The predicted molar refractivity (Wildman–Crippen MR) is 49.5 cm³/mol. The SMILES string of the molecule is CN1C(C)(C)[CH]CCC1(C)C. The summed E-state index contributed by atoms with van der Waals surface area (Å²) in [6.07, 6.45) is 4.95. The van der Waals surface area contributed by atoms with Crippen LogP contribution in [-0.2, 0) is 0 Å². The third-order valence-corrected chi connectivity index (χ3v) is 3.17. The summed E-state index contributed by atoms with van der Waals surface area (Å²) >= 11 is 0. The molecule has 65 valence electrons. The first-order valence-electron chi connectivity index (χ1n) is 4.44. The van der Waals surface area contributed by atoms with Gasteiger partial charge in [-0.2, -0.15) is 0 Å². The lowest BCUT2D eigenvalue weighted by molar-refractivity contribution is 0.0311. The van der Waals surface area contributed by atoms with Crippen molar-refractivity contribution in [3.05, 3.63) is 6.42 Å². The Balaban J connectivity index is 2.76. The fraction of sp³-hybridized carbons (Fsp3) is 0.900. The normalized spacial score (nSPS) is 30.3. The molecule has 1 rings (SSSR count). The van der Waals surface area contributed by atoms with E-state index in [2.05, 4.69) is 46.1 Å². The molecule has 0 amide bonds. The Kier molecular flexibility index (Phi) is 2.04. The summed E-state index contributed by atoms with van der Waals surface area (Å²) in [7, 11) is 2.22. The molecular weight excluding hydrogens is 134 g/mol. The Morgan fingerprint density at radius 1 is 1.18 bits per heavy atom. The molecule has 1 heteroatoms. The molecule has 0 aromatic heterocycles. The number of rotatable bonds is 0. The van der Waals surface area contributed by atoms with Crippen molar-refractivity contribution in [2.75, 3.05) is 7.05 Å². The molecule has 11 heavy (non-hydrogen) atoms. The van der Waals surface area contributed by atoms with Gasteiger partial charge in [0.25, 0.3) is 0 Å². The van der Waals surface area contributed by atoms with Crippen molar-refractivity contribution in [2.45, 2.75) is 51.6 Å². The van der Waals surface area contributed by atoms with Gasteiger partial charge < -0.3 is 0 Å². The van der Waals surface area contributed by atoms with Gasteiger partial charge in [-0.3, -0.25) is 4.90 Å². The molecule has 1 radical (unpaired) electrons. The van der Waals surface area contributed by atoms with Crippen LogP contribution in [0.3, 0.4) is 0 Å². The summed E-state index contributed by atoms with van der Waals surface area (Å²) in [4.78, 5) is 2.46. The number of likely N-dealkylation sites (tertiary alicyclic amines) is 1. The van der Waals surface area contributed by atoms with Crippen molar-refractivity contribution >= 4 is 0 Å². The average Bonchev–Trinajstić information content (AvgIpc) is 1.82. The molecule has 0 N–H and O–H groups in total. The van der Waals surface area contributed by atoms with Crippen LogP contribution in [0.5, 0.6) is 0 Å². The van der Waals surface area contributed by atoms with Crippen LogP contribution < -0.4 is 0 Å². The molecule has 1 fully saturated rings. The average molecular weight is 154 g/mol. The number of nitrogens with zero attached hydrogens (tertiary/aromatic N) is 1. The van der Waals surface area contributed by atoms with Gasteiger partial charge in [0.1, 0.15) is 0 Å². The largest absolute Gasteiger partial charge is 0.296 e. The van der Waals surface area contributed by atoms with E-state index in [1.54, 1.807) is 0 Å². The maximum Gasteiger partial charge on any atom is 0.0186 e. The van der Waals surface area contributed by atoms with Crippen LogP contribution >= 0.6 is 0 Å². The first-order valence-corrected chi connectivity index (χ1v) is 4.44. The third-order valence-electron chi connectivity index (χ3n) is 3.17. The number of piperidine rings is 1. The van der Waals surface area contributed by atoms with Crippen molar-refractivity contribution in [3.8, 4) is 0 Å². The van der Waals surface area contributed by atoms with E-state index in [4.69, 9.17) is 0 Å². The van der Waals surface area contributed by atoms with E-state index >= 15 is 0 Å². The summed E-state index contributed by atoms with van der Waals surface area (Å²) in [5, 5.41) is 0. The van der Waals surface area contributed by atoms with E-state index < -0.39 is 0 Å². The predicted octanol–water partition coefficient (Wildman–Crippen LogP) is 2.47. The highest BCUT2D eigenvalue weighted by molar-refractivity contribution is 5.04. The van der Waals surface area contributed by atoms with E-state index in [1.165, 1.54) is 12.8 Å². The van der Waals surface area contributed by atoms with Crippen LogP contribution in [0.25, 0.3) is 0 Å². The van der Waals surface area contributed by atoms with Gasteiger partial charge >= 0.3 is 0 Å². The van der Waals surface area contributed by atoms with Crippen molar-refractivity contribution in [1.29, 1.82) is 0 Å². The monoisotopic (exact) mass is 154 g/mol. The van der Waals surface area contributed by atoms with Gasteiger partial charge in [-0.1, -0.05) is 0 Å². The Labute approximate surface area is 70.8 Å². The fourth-order valence-corrected chi connectivity index (χ4v) is 1.86. The zero-order chi connectivity index (χ0) is 8.70. The van der Waals surface area contributed by atoms with Crippen molar-refractivity contribution in [2.24, 2.45) is 0 Å². The summed E-state index contributed by atoms with van der Waals surface area (Å²) in [5.74, 6) is 0. The van der Waals surface area contributed by atoms with Crippen LogP contribution in [0.15, 0.2) is 0 Å². The van der Waals surface area contributed by atoms with E-state index in [0.717, 1.165) is 0 Å². The minimum atomic E-state index is 0.280. The summed E-state index contributed by atoms with van der Waals surface area (Å²) < 4.78 is 0. The molecule has 1 heterocycles. The molecule has 1 aliphatic rings. The van der Waals surface area contributed by atoms with Crippen LogP contribution in [0.1, 0.15) is 40.5 Å². The topological polar surface area (TPSA) is 3.24 Å². The van der Waals surface area contributed by atoms with Gasteiger partial charge in [-0.15, -0.1) is 0 Å². The molecule has 0 atom stereocenters. The minimum Gasteiger partial charge on any atom is -0.296 e. The van der Waals surface area contributed by atoms with E-state index in [9.17, 15) is 0 Å². The lowest BCUT2D eigenvalue weighted by Crippen LogP contribution is -2.56. The van der Waals surface area contributed by atoms with Gasteiger partial charge in [-0.25, -0.2) is 0 Å². The van der Waals surface area contributed by atoms with Crippen LogP contribution in [0.2, 0.25) is 0 Å². The molecule has 0 spiro atoms. The Morgan fingerprint density at radius 3 is 2.09 bits per heavy atom. The molecule has 0 aromatic carbocycles. The molecule has 0 unspecified atom stereocenters. The smallest absolute Gasteiger partial charge is 0.0186 e. The first kappa shape index (κ1) is 9.05. The highest BCUT2D eigenvalue weighted by Crippen LogP contribution is 2.35. The standard InChI is InChI=1S/C10H20N/c1-9(2)7-6-8-10(3,4)11(9)5/h7H,6,8H2,1-5H3. The summed E-state index contributed by atoms with van der Waals surface area (Å²) in [5.41, 5.74) is 0.653. The molecule has 0 aromatic rings. The molecular formula is C10H20N. The number of hydrogen-bond donors (Lipinski definition) is 0. The van der Waals surface area contributed by atoms with Crippen LogP contribution in [-0.4, -0.2) is 23.0 Å². The zero-order valence-electron chi connectivity index (χ0n) is 8.44. The van der Waals surface area contributed by atoms with Crippen molar-refractivity contribution < 1.29 is 0 Å². The molecule has 0 bridgehead atoms. The van der Waals surface area contributed by atoms with E-state index in [1.807, 2.05) is 0 Å². The van der Waals surface area contributed by atoms with Crippen LogP contribution in [0, 0.1) is 6.42 Å². The lowest BCUT2D eigenvalue weighted by atomic mass is 9.80. The summed E-state index contributed by atoms with van der Waals surface area (Å²) in [6, 6.07) is 0. The highest BCUT2D eigenvalue weighted by Gasteiger charge is 2.38. The number of hydrogen-bond acceptors (Lipinski definition) is 1. The minimum absolute atomic E-state index is 0.280. The Bertz CT molecular complexity index is 131.